The fourth-order valence-electron chi connectivity index (χ4n) is 1.94. The summed E-state index contributed by atoms with van der Waals surface area (Å²) in [6.07, 6.45) is 0. The fraction of sp³-hybridized carbons (Fsp3) is 0.125. The van der Waals surface area contributed by atoms with E-state index in [4.69, 9.17) is 43.2 Å². The number of methoxy groups -OCH3 is 2. The van der Waals surface area contributed by atoms with Gasteiger partial charge in [-0.15, -0.1) is 0 Å². The van der Waals surface area contributed by atoms with E-state index in [1.807, 2.05) is 0 Å². The Bertz CT molecular complexity index is 771. The minimum absolute atomic E-state index is 0.0705. The number of carbonyl (C=O) groups is 1. The van der Waals surface area contributed by atoms with Crippen LogP contribution < -0.4 is 15.2 Å². The molecule has 0 bridgehead atoms. The molecule has 0 fully saturated rings. The third-order valence-corrected chi connectivity index (χ3v) is 3.61. The van der Waals surface area contributed by atoms with Gasteiger partial charge < -0.3 is 20.0 Å². The second kappa shape index (κ2) is 7.90. The molecule has 24 heavy (non-hydrogen) atoms. The molecule has 126 valence electrons. The summed E-state index contributed by atoms with van der Waals surface area (Å²) >= 11 is 11.8. The molecule has 0 radical (unpaired) electrons. The van der Waals surface area contributed by atoms with E-state index in [1.165, 1.54) is 20.3 Å². The van der Waals surface area contributed by atoms with E-state index in [1.54, 1.807) is 30.3 Å². The van der Waals surface area contributed by atoms with Crippen LogP contribution in [0.1, 0.15) is 15.9 Å². The van der Waals surface area contributed by atoms with Gasteiger partial charge in [-0.05, 0) is 30.3 Å². The lowest BCUT2D eigenvalue weighted by molar-refractivity contribution is 0.0508. The highest BCUT2D eigenvalue weighted by Crippen LogP contribution is 2.29. The zero-order valence-corrected chi connectivity index (χ0v) is 14.4. The number of oxime groups is 1. The molecule has 2 rings (SSSR count). The van der Waals surface area contributed by atoms with Crippen LogP contribution in [0.15, 0.2) is 41.6 Å². The van der Waals surface area contributed by atoms with Crippen LogP contribution in [0, 0.1) is 0 Å². The summed E-state index contributed by atoms with van der Waals surface area (Å²) in [7, 11) is 2.85. The lowest BCUT2D eigenvalue weighted by atomic mass is 10.2. The minimum atomic E-state index is -0.780. The van der Waals surface area contributed by atoms with Gasteiger partial charge in [0.25, 0.3) is 0 Å². The number of amidine groups is 1. The highest BCUT2D eigenvalue weighted by Gasteiger charge is 2.20. The molecule has 0 unspecified atom stereocenters. The van der Waals surface area contributed by atoms with E-state index in [0.29, 0.717) is 10.6 Å². The van der Waals surface area contributed by atoms with Gasteiger partial charge >= 0.3 is 5.97 Å². The number of carbonyl (C=O) groups excluding carboxylic acids is 1. The number of nitrogens with two attached hydrogens (primary N) is 1. The Morgan fingerprint density at radius 1 is 1.08 bits per heavy atom. The smallest absolute Gasteiger partial charge is 0.373 e. The number of benzene rings is 2. The summed E-state index contributed by atoms with van der Waals surface area (Å²) in [6, 6.07) is 9.55. The molecule has 0 spiro atoms. The van der Waals surface area contributed by atoms with E-state index in [9.17, 15) is 4.79 Å². The van der Waals surface area contributed by atoms with Gasteiger partial charge in [0.2, 0.25) is 0 Å². The number of rotatable bonds is 5. The molecular formula is C16H14Cl2N2O4. The van der Waals surface area contributed by atoms with Gasteiger partial charge in [0.05, 0.1) is 19.2 Å². The van der Waals surface area contributed by atoms with Crippen LogP contribution in [0.4, 0.5) is 0 Å². The van der Waals surface area contributed by atoms with Crippen molar-refractivity contribution in [2.24, 2.45) is 10.9 Å². The summed E-state index contributed by atoms with van der Waals surface area (Å²) < 4.78 is 10.3. The van der Waals surface area contributed by atoms with Crippen molar-refractivity contribution in [2.45, 2.75) is 0 Å². The van der Waals surface area contributed by atoms with Gasteiger partial charge in [-0.2, -0.15) is 0 Å². The SMILES string of the molecule is COc1cccc(OC)c1C(=O)O/N=C(\N)c1ccc(Cl)cc1Cl. The van der Waals surface area contributed by atoms with Gasteiger partial charge in [0.15, 0.2) is 5.84 Å². The molecule has 0 aliphatic rings. The van der Waals surface area contributed by atoms with Gasteiger partial charge in [-0.3, -0.25) is 0 Å². The van der Waals surface area contributed by atoms with Crippen molar-refractivity contribution in [3.05, 3.63) is 57.6 Å². The van der Waals surface area contributed by atoms with Crippen molar-refractivity contribution >= 4 is 35.0 Å². The van der Waals surface area contributed by atoms with Gasteiger partial charge in [0, 0.05) is 10.6 Å². The standard InChI is InChI=1S/C16H14Cl2N2O4/c1-22-12-4-3-5-13(23-2)14(12)16(21)24-20-15(19)10-7-6-9(17)8-11(10)18/h3-8H,1-2H3,(H2,19,20). The molecule has 0 aliphatic heterocycles. The second-order valence-corrected chi connectivity index (χ2v) is 5.36. The average molecular weight is 369 g/mol. The number of hydrogen-bond acceptors (Lipinski definition) is 5. The van der Waals surface area contributed by atoms with Gasteiger partial charge in [-0.1, -0.05) is 34.4 Å². The monoisotopic (exact) mass is 368 g/mol. The lowest BCUT2D eigenvalue weighted by Gasteiger charge is -2.10. The van der Waals surface area contributed by atoms with E-state index in [-0.39, 0.29) is 27.9 Å². The topological polar surface area (TPSA) is 83.1 Å². The van der Waals surface area contributed by atoms with Crippen LogP contribution in [0.2, 0.25) is 10.0 Å². The molecular weight excluding hydrogens is 355 g/mol. The van der Waals surface area contributed by atoms with Crippen molar-refractivity contribution in [1.82, 2.24) is 0 Å². The molecule has 0 heterocycles. The molecule has 0 atom stereocenters. The summed E-state index contributed by atoms with van der Waals surface area (Å²) in [5.41, 5.74) is 6.28. The fourth-order valence-corrected chi connectivity index (χ4v) is 2.44. The predicted molar refractivity (Wildman–Crippen MR) is 92.1 cm³/mol. The Balaban J connectivity index is 2.27. The Hall–Kier alpha value is -2.44. The van der Waals surface area contributed by atoms with Crippen molar-refractivity contribution in [1.29, 1.82) is 0 Å². The molecule has 0 aliphatic carbocycles. The van der Waals surface area contributed by atoms with E-state index in [0.717, 1.165) is 0 Å². The van der Waals surface area contributed by atoms with Crippen LogP contribution in [-0.2, 0) is 4.84 Å². The summed E-state index contributed by atoms with van der Waals surface area (Å²) in [5, 5.41) is 4.36. The molecule has 0 saturated heterocycles. The van der Waals surface area contributed by atoms with Crippen molar-refractivity contribution < 1.29 is 19.1 Å². The zero-order chi connectivity index (χ0) is 17.7. The molecule has 0 amide bonds. The second-order valence-electron chi connectivity index (χ2n) is 4.52. The number of nitrogens with zero attached hydrogens (tertiary/aromatic N) is 1. The maximum absolute atomic E-state index is 12.3. The van der Waals surface area contributed by atoms with Crippen molar-refractivity contribution in [2.75, 3.05) is 14.2 Å². The number of ether oxygens (including phenoxy) is 2. The van der Waals surface area contributed by atoms with E-state index >= 15 is 0 Å². The summed E-state index contributed by atoms with van der Waals surface area (Å²) in [6.45, 7) is 0. The third kappa shape index (κ3) is 3.90. The first-order valence-electron chi connectivity index (χ1n) is 6.69. The maximum Gasteiger partial charge on any atom is 0.373 e. The van der Waals surface area contributed by atoms with E-state index < -0.39 is 5.97 Å². The molecule has 2 aromatic carbocycles. The van der Waals surface area contributed by atoms with Crippen LogP contribution in [0.5, 0.6) is 11.5 Å². The summed E-state index contributed by atoms with van der Waals surface area (Å²) in [5.74, 6) is -0.272. The molecule has 2 aromatic rings. The molecule has 6 nitrogen and oxygen atoms in total. The van der Waals surface area contributed by atoms with Crippen LogP contribution >= 0.6 is 23.2 Å². The normalized spacial score (nSPS) is 11.1. The minimum Gasteiger partial charge on any atom is -0.496 e. The Labute approximate surface area is 148 Å². The van der Waals surface area contributed by atoms with Crippen molar-refractivity contribution in [3.8, 4) is 11.5 Å². The lowest BCUT2D eigenvalue weighted by Crippen LogP contribution is -2.16. The zero-order valence-electron chi connectivity index (χ0n) is 12.9. The number of halogens is 2. The first kappa shape index (κ1) is 17.9. The highest BCUT2D eigenvalue weighted by atomic mass is 35.5. The Morgan fingerprint density at radius 3 is 2.25 bits per heavy atom. The molecule has 0 saturated carbocycles. The molecule has 8 heteroatoms. The molecule has 2 N–H and O–H groups in total. The maximum atomic E-state index is 12.3. The third-order valence-electron chi connectivity index (χ3n) is 3.07. The Morgan fingerprint density at radius 2 is 1.71 bits per heavy atom. The summed E-state index contributed by atoms with van der Waals surface area (Å²) in [4.78, 5) is 17.2. The Kier molecular flexibility index (Phi) is 5.89. The first-order chi connectivity index (χ1) is 11.5. The molecule has 0 aromatic heterocycles. The van der Waals surface area contributed by atoms with Gasteiger partial charge in [-0.25, -0.2) is 4.79 Å². The van der Waals surface area contributed by atoms with Gasteiger partial charge in [0.1, 0.15) is 17.1 Å². The quantitative estimate of drug-likeness (QED) is 0.378. The van der Waals surface area contributed by atoms with Crippen LogP contribution in [0.25, 0.3) is 0 Å². The number of hydrogen-bond donors (Lipinski definition) is 1. The van der Waals surface area contributed by atoms with E-state index in [2.05, 4.69) is 5.16 Å². The van der Waals surface area contributed by atoms with Crippen LogP contribution in [-0.4, -0.2) is 26.0 Å². The average Bonchev–Trinajstić information content (AvgIpc) is 2.58. The largest absolute Gasteiger partial charge is 0.496 e. The predicted octanol–water partition coefficient (Wildman–Crippen LogP) is 3.49. The van der Waals surface area contributed by atoms with Crippen LogP contribution in [0.3, 0.4) is 0 Å². The first-order valence-corrected chi connectivity index (χ1v) is 7.44. The van der Waals surface area contributed by atoms with Crippen molar-refractivity contribution in [3.63, 3.8) is 0 Å². The highest BCUT2D eigenvalue weighted by molar-refractivity contribution is 6.36.